The minimum atomic E-state index is -0.349. The van der Waals surface area contributed by atoms with Gasteiger partial charge in [-0.1, -0.05) is 6.92 Å². The molecule has 1 aromatic heterocycles. The molecule has 1 rings (SSSR count). The van der Waals surface area contributed by atoms with E-state index in [0.717, 1.165) is 0 Å². The summed E-state index contributed by atoms with van der Waals surface area (Å²) in [7, 11) is 0. The number of halogens is 1. The van der Waals surface area contributed by atoms with E-state index in [2.05, 4.69) is 10.3 Å². The van der Waals surface area contributed by atoms with Crippen LogP contribution in [0.1, 0.15) is 13.8 Å². The van der Waals surface area contributed by atoms with Crippen LogP contribution >= 0.6 is 0 Å². The molecule has 78 valence electrons. The van der Waals surface area contributed by atoms with Gasteiger partial charge in [-0.25, -0.2) is 9.37 Å². The van der Waals surface area contributed by atoms with Crippen molar-refractivity contribution in [2.24, 2.45) is 5.92 Å². The fourth-order valence-electron chi connectivity index (χ4n) is 0.995. The van der Waals surface area contributed by atoms with E-state index in [-0.39, 0.29) is 24.4 Å². The topological polar surface area (TPSA) is 45.1 Å². The number of anilines is 1. The smallest absolute Gasteiger partial charge is 0.141 e. The molecule has 14 heavy (non-hydrogen) atoms. The standard InChI is InChI=1S/C10H15FN2O/c1-7(6-14)8(2)13-10-4-3-9(11)5-12-10/h3-5,7-8,14H,6H2,1-2H3,(H,12,13). The second-order valence-corrected chi connectivity index (χ2v) is 3.45. The van der Waals surface area contributed by atoms with E-state index < -0.39 is 0 Å². The molecule has 0 spiro atoms. The quantitative estimate of drug-likeness (QED) is 0.773. The molecule has 1 aromatic rings. The van der Waals surface area contributed by atoms with E-state index in [0.29, 0.717) is 5.82 Å². The second-order valence-electron chi connectivity index (χ2n) is 3.45. The van der Waals surface area contributed by atoms with Crippen LogP contribution in [0.5, 0.6) is 0 Å². The number of nitrogens with one attached hydrogen (secondary N) is 1. The third-order valence-corrected chi connectivity index (χ3v) is 2.24. The molecular formula is C10H15FN2O. The van der Waals surface area contributed by atoms with E-state index in [1.165, 1.54) is 12.3 Å². The molecule has 0 aliphatic rings. The number of aliphatic hydroxyl groups excluding tert-OH is 1. The summed E-state index contributed by atoms with van der Waals surface area (Å²) in [5.41, 5.74) is 0. The highest BCUT2D eigenvalue weighted by Gasteiger charge is 2.10. The van der Waals surface area contributed by atoms with Crippen molar-refractivity contribution >= 4 is 5.82 Å². The molecule has 0 aromatic carbocycles. The van der Waals surface area contributed by atoms with Crippen molar-refractivity contribution in [3.8, 4) is 0 Å². The van der Waals surface area contributed by atoms with Crippen LogP contribution < -0.4 is 5.32 Å². The van der Waals surface area contributed by atoms with Crippen LogP contribution in [0.25, 0.3) is 0 Å². The van der Waals surface area contributed by atoms with Crippen molar-refractivity contribution in [2.45, 2.75) is 19.9 Å². The van der Waals surface area contributed by atoms with E-state index in [1.54, 1.807) is 6.07 Å². The average Bonchev–Trinajstić information content (AvgIpc) is 2.20. The fourth-order valence-corrected chi connectivity index (χ4v) is 0.995. The average molecular weight is 198 g/mol. The number of nitrogens with zero attached hydrogens (tertiary/aromatic N) is 1. The van der Waals surface area contributed by atoms with Crippen LogP contribution in [-0.2, 0) is 0 Å². The Morgan fingerprint density at radius 2 is 2.21 bits per heavy atom. The van der Waals surface area contributed by atoms with Crippen molar-refractivity contribution in [2.75, 3.05) is 11.9 Å². The van der Waals surface area contributed by atoms with E-state index in [4.69, 9.17) is 5.11 Å². The van der Waals surface area contributed by atoms with Gasteiger partial charge >= 0.3 is 0 Å². The second kappa shape index (κ2) is 4.91. The van der Waals surface area contributed by atoms with Gasteiger partial charge in [-0.05, 0) is 25.0 Å². The van der Waals surface area contributed by atoms with Crippen molar-refractivity contribution < 1.29 is 9.50 Å². The number of rotatable bonds is 4. The lowest BCUT2D eigenvalue weighted by atomic mass is 10.1. The maximum Gasteiger partial charge on any atom is 0.141 e. The highest BCUT2D eigenvalue weighted by atomic mass is 19.1. The van der Waals surface area contributed by atoms with Crippen molar-refractivity contribution in [1.82, 2.24) is 4.98 Å². The van der Waals surface area contributed by atoms with Gasteiger partial charge in [0.1, 0.15) is 11.6 Å². The molecule has 0 aliphatic heterocycles. The zero-order valence-electron chi connectivity index (χ0n) is 8.37. The van der Waals surface area contributed by atoms with E-state index >= 15 is 0 Å². The Balaban J connectivity index is 2.56. The molecule has 0 saturated heterocycles. The number of aliphatic hydroxyl groups is 1. The molecule has 3 nitrogen and oxygen atoms in total. The van der Waals surface area contributed by atoms with Crippen molar-refractivity contribution in [3.05, 3.63) is 24.1 Å². The Hall–Kier alpha value is -1.16. The molecule has 2 unspecified atom stereocenters. The molecule has 2 N–H and O–H groups in total. The molecule has 0 saturated carbocycles. The van der Waals surface area contributed by atoms with Gasteiger partial charge in [0.05, 0.1) is 6.20 Å². The fraction of sp³-hybridized carbons (Fsp3) is 0.500. The monoisotopic (exact) mass is 198 g/mol. The molecule has 2 atom stereocenters. The Bertz CT molecular complexity index is 276. The van der Waals surface area contributed by atoms with Gasteiger partial charge in [-0.15, -0.1) is 0 Å². The number of hydrogen-bond donors (Lipinski definition) is 2. The summed E-state index contributed by atoms with van der Waals surface area (Å²) in [6.45, 7) is 4.00. The Morgan fingerprint density at radius 1 is 1.50 bits per heavy atom. The normalized spacial score (nSPS) is 14.9. The predicted octanol–water partition coefficient (Wildman–Crippen LogP) is 1.65. The number of pyridine rings is 1. The number of hydrogen-bond acceptors (Lipinski definition) is 3. The Morgan fingerprint density at radius 3 is 2.71 bits per heavy atom. The summed E-state index contributed by atoms with van der Waals surface area (Å²) >= 11 is 0. The predicted molar refractivity (Wildman–Crippen MR) is 53.5 cm³/mol. The molecule has 0 fully saturated rings. The third-order valence-electron chi connectivity index (χ3n) is 2.24. The highest BCUT2D eigenvalue weighted by molar-refractivity contribution is 5.34. The van der Waals surface area contributed by atoms with Crippen molar-refractivity contribution in [3.63, 3.8) is 0 Å². The number of aromatic nitrogens is 1. The Kier molecular flexibility index (Phi) is 3.83. The molecule has 0 radical (unpaired) electrons. The SMILES string of the molecule is CC(CO)C(C)Nc1ccc(F)cn1. The summed E-state index contributed by atoms with van der Waals surface area (Å²) in [6.07, 6.45) is 1.17. The third kappa shape index (κ3) is 2.96. The van der Waals surface area contributed by atoms with Gasteiger partial charge in [0.15, 0.2) is 0 Å². The zero-order chi connectivity index (χ0) is 10.6. The zero-order valence-corrected chi connectivity index (χ0v) is 8.37. The molecule has 0 bridgehead atoms. The summed E-state index contributed by atoms with van der Waals surface area (Å²) < 4.78 is 12.5. The van der Waals surface area contributed by atoms with Crippen LogP contribution in [0, 0.1) is 11.7 Å². The molecule has 1 heterocycles. The lowest BCUT2D eigenvalue weighted by Gasteiger charge is -2.19. The van der Waals surface area contributed by atoms with Crippen LogP contribution in [0.2, 0.25) is 0 Å². The maximum absolute atomic E-state index is 12.5. The molecular weight excluding hydrogens is 183 g/mol. The summed E-state index contributed by atoms with van der Waals surface area (Å²) in [5.74, 6) is 0.416. The first kappa shape index (κ1) is 10.9. The minimum absolute atomic E-state index is 0.109. The lowest BCUT2D eigenvalue weighted by Crippen LogP contribution is -2.26. The minimum Gasteiger partial charge on any atom is -0.396 e. The first-order valence-electron chi connectivity index (χ1n) is 4.62. The van der Waals surface area contributed by atoms with Gasteiger partial charge in [0, 0.05) is 12.6 Å². The van der Waals surface area contributed by atoms with Crippen LogP contribution in [0.15, 0.2) is 18.3 Å². The molecule has 0 amide bonds. The van der Waals surface area contributed by atoms with Crippen LogP contribution in [0.3, 0.4) is 0 Å². The Labute approximate surface area is 83.0 Å². The molecule has 4 heteroatoms. The van der Waals surface area contributed by atoms with Gasteiger partial charge < -0.3 is 10.4 Å². The largest absolute Gasteiger partial charge is 0.396 e. The first-order valence-corrected chi connectivity index (χ1v) is 4.62. The molecule has 0 aliphatic carbocycles. The van der Waals surface area contributed by atoms with Gasteiger partial charge in [-0.3, -0.25) is 0 Å². The maximum atomic E-state index is 12.5. The highest BCUT2D eigenvalue weighted by Crippen LogP contribution is 2.09. The van der Waals surface area contributed by atoms with E-state index in [9.17, 15) is 4.39 Å². The van der Waals surface area contributed by atoms with Crippen molar-refractivity contribution in [1.29, 1.82) is 0 Å². The van der Waals surface area contributed by atoms with Crippen LogP contribution in [0.4, 0.5) is 10.2 Å². The first-order chi connectivity index (χ1) is 6.63. The summed E-state index contributed by atoms with van der Waals surface area (Å²) in [6, 6.07) is 3.04. The van der Waals surface area contributed by atoms with Gasteiger partial charge in [0.2, 0.25) is 0 Å². The van der Waals surface area contributed by atoms with Gasteiger partial charge in [0.25, 0.3) is 0 Å². The summed E-state index contributed by atoms with van der Waals surface area (Å²) in [5, 5.41) is 12.0. The van der Waals surface area contributed by atoms with Gasteiger partial charge in [-0.2, -0.15) is 0 Å². The van der Waals surface area contributed by atoms with E-state index in [1.807, 2.05) is 13.8 Å². The summed E-state index contributed by atoms with van der Waals surface area (Å²) in [4.78, 5) is 3.87. The van der Waals surface area contributed by atoms with Crippen LogP contribution in [-0.4, -0.2) is 22.7 Å². The lowest BCUT2D eigenvalue weighted by molar-refractivity contribution is 0.226.